The fraction of sp³-hybridized carbons (Fsp3) is 0.519. The van der Waals surface area contributed by atoms with Crippen molar-refractivity contribution in [3.05, 3.63) is 46.6 Å². The van der Waals surface area contributed by atoms with Gasteiger partial charge in [0, 0.05) is 30.4 Å². The summed E-state index contributed by atoms with van der Waals surface area (Å²) in [6, 6.07) is 5.14. The quantitative estimate of drug-likeness (QED) is 0.399. The molecule has 2 atom stereocenters. The largest absolute Gasteiger partial charge is 0.494 e. The number of nitrogens with zero attached hydrogens (tertiary/aromatic N) is 2. The Morgan fingerprint density at radius 2 is 1.81 bits per heavy atom. The van der Waals surface area contributed by atoms with Crippen LogP contribution < -0.4 is 21.3 Å². The summed E-state index contributed by atoms with van der Waals surface area (Å²) >= 11 is 2.07. The van der Waals surface area contributed by atoms with Gasteiger partial charge in [0.1, 0.15) is 23.6 Å². The van der Waals surface area contributed by atoms with Crippen molar-refractivity contribution in [3.8, 4) is 5.75 Å². The third kappa shape index (κ3) is 7.59. The number of pyridine rings is 1. The molecule has 3 saturated heterocycles. The fourth-order valence-corrected chi connectivity index (χ4v) is 5.39. The van der Waals surface area contributed by atoms with Crippen LogP contribution in [0.4, 0.5) is 17.2 Å². The summed E-state index contributed by atoms with van der Waals surface area (Å²) in [5.74, 6) is 3.94. The van der Waals surface area contributed by atoms with E-state index in [1.54, 1.807) is 31.5 Å². The first kappa shape index (κ1) is 28.7. The van der Waals surface area contributed by atoms with Gasteiger partial charge in [0.15, 0.2) is 0 Å². The Morgan fingerprint density at radius 1 is 1.14 bits per heavy atom. The molecule has 3 aliphatic rings. The highest BCUT2D eigenvalue weighted by molar-refractivity contribution is 7.99. The summed E-state index contributed by atoms with van der Waals surface area (Å²) in [5, 5.41) is 3.80. The second kappa shape index (κ2) is 14.8. The van der Waals surface area contributed by atoms with E-state index in [1.165, 1.54) is 30.7 Å². The van der Waals surface area contributed by atoms with Crippen LogP contribution in [-0.2, 0) is 9.47 Å². The molecule has 0 unspecified atom stereocenters. The highest BCUT2D eigenvalue weighted by Gasteiger charge is 2.33. The molecule has 5 heterocycles. The molecule has 0 amide bonds. The number of hydrogen-bond acceptors (Lipinski definition) is 9. The zero-order valence-electron chi connectivity index (χ0n) is 22.2. The maximum atomic E-state index is 11.8. The second-order valence-electron chi connectivity index (χ2n) is 8.49. The predicted molar refractivity (Wildman–Crippen MR) is 152 cm³/mol. The molecule has 202 valence electrons. The molecule has 10 heteroatoms. The molecule has 0 spiro atoms. The predicted octanol–water partition coefficient (Wildman–Crippen LogP) is 5.06. The maximum absolute atomic E-state index is 11.8. The average Bonchev–Trinajstić information content (AvgIpc) is 3.69. The summed E-state index contributed by atoms with van der Waals surface area (Å²) in [4.78, 5) is 22.9. The van der Waals surface area contributed by atoms with E-state index in [-0.39, 0.29) is 5.56 Å². The van der Waals surface area contributed by atoms with Gasteiger partial charge in [-0.25, -0.2) is 9.97 Å². The number of methoxy groups -OCH3 is 1. The lowest BCUT2D eigenvalue weighted by molar-refractivity contribution is 0.0732. The van der Waals surface area contributed by atoms with E-state index in [0.29, 0.717) is 40.7 Å². The van der Waals surface area contributed by atoms with E-state index in [0.717, 1.165) is 37.0 Å². The number of anilines is 3. The Labute approximate surface area is 222 Å². The zero-order valence-corrected chi connectivity index (χ0v) is 23.0. The number of nitrogen functional groups attached to an aromatic ring is 1. The van der Waals surface area contributed by atoms with Gasteiger partial charge in [-0.2, -0.15) is 11.8 Å². The second-order valence-corrected chi connectivity index (χ2v) is 9.72. The van der Waals surface area contributed by atoms with Crippen molar-refractivity contribution in [2.45, 2.75) is 58.7 Å². The molecule has 37 heavy (non-hydrogen) atoms. The number of hydrogen-bond donors (Lipinski definition) is 3. The smallest absolute Gasteiger partial charge is 0.271 e. The van der Waals surface area contributed by atoms with E-state index in [9.17, 15) is 4.79 Å². The monoisotopic (exact) mass is 529 g/mol. The van der Waals surface area contributed by atoms with Gasteiger partial charge in [0.05, 0.1) is 30.5 Å². The first-order chi connectivity index (χ1) is 18.1. The standard InChI is InChI=1S/C15H15N5O2.C6H10O2.C4H8S.C2H6/c1-8-12-11(6-9(16)13(8)22-2)18-7-19-14(12)20-10-4-3-5-17-15(10)21;1-3-7-6-2-4-8-5(1)6;1-2-4-5-3-1;1-2/h3-7H,16H2,1-2H3,(H,17,21)(H,18,19,20);5-6H,1-4H2;1-4H2;1-2H3/t;5-,6-;;/m.1../s1. The first-order valence-corrected chi connectivity index (χ1v) is 14.1. The van der Waals surface area contributed by atoms with Gasteiger partial charge in [0.2, 0.25) is 0 Å². The lowest BCUT2D eigenvalue weighted by Crippen LogP contribution is -2.13. The molecule has 3 aromatic rings. The summed E-state index contributed by atoms with van der Waals surface area (Å²) in [6.07, 6.45) is 9.06. The highest BCUT2D eigenvalue weighted by atomic mass is 32.2. The zero-order chi connectivity index (χ0) is 26.6. The van der Waals surface area contributed by atoms with E-state index in [1.807, 2.05) is 20.8 Å². The molecular weight excluding hydrogens is 490 g/mol. The normalized spacial score (nSPS) is 19.5. The van der Waals surface area contributed by atoms with E-state index < -0.39 is 0 Å². The Kier molecular flexibility index (Phi) is 11.5. The van der Waals surface area contributed by atoms with Crippen LogP contribution in [0.1, 0.15) is 45.1 Å². The van der Waals surface area contributed by atoms with Crippen molar-refractivity contribution in [1.82, 2.24) is 15.0 Å². The molecule has 3 fully saturated rings. The van der Waals surface area contributed by atoms with Gasteiger partial charge in [0.25, 0.3) is 5.56 Å². The number of fused-ring (bicyclic) bond motifs is 2. The maximum Gasteiger partial charge on any atom is 0.271 e. The molecule has 6 rings (SSSR count). The number of ether oxygens (including phenoxy) is 3. The van der Waals surface area contributed by atoms with Crippen molar-refractivity contribution in [1.29, 1.82) is 0 Å². The number of aromatic nitrogens is 3. The summed E-state index contributed by atoms with van der Waals surface area (Å²) in [7, 11) is 1.56. The number of nitrogens with two attached hydrogens (primary N) is 1. The Morgan fingerprint density at radius 3 is 2.38 bits per heavy atom. The molecule has 0 radical (unpaired) electrons. The van der Waals surface area contributed by atoms with E-state index >= 15 is 0 Å². The Balaban J connectivity index is 0.000000204. The van der Waals surface area contributed by atoms with Gasteiger partial charge in [-0.3, -0.25) is 4.79 Å². The number of aryl methyl sites for hydroxylation is 1. The van der Waals surface area contributed by atoms with Gasteiger partial charge in [-0.15, -0.1) is 0 Å². The average molecular weight is 530 g/mol. The van der Waals surface area contributed by atoms with Gasteiger partial charge < -0.3 is 30.2 Å². The molecule has 0 bridgehead atoms. The number of benzene rings is 1. The first-order valence-electron chi connectivity index (χ1n) is 12.9. The number of nitrogens with one attached hydrogen (secondary N) is 2. The van der Waals surface area contributed by atoms with Crippen molar-refractivity contribution >= 4 is 39.9 Å². The van der Waals surface area contributed by atoms with Crippen LogP contribution >= 0.6 is 11.8 Å². The number of H-pyrrole nitrogens is 1. The number of aromatic amines is 1. The summed E-state index contributed by atoms with van der Waals surface area (Å²) < 4.78 is 16.0. The summed E-state index contributed by atoms with van der Waals surface area (Å²) in [5.41, 5.74) is 8.14. The molecule has 9 nitrogen and oxygen atoms in total. The number of thioether (sulfide) groups is 1. The Bertz CT molecular complexity index is 1160. The van der Waals surface area contributed by atoms with Crippen LogP contribution in [0.15, 0.2) is 35.5 Å². The van der Waals surface area contributed by atoms with Crippen LogP contribution in [0.2, 0.25) is 0 Å². The van der Waals surface area contributed by atoms with Crippen LogP contribution in [0, 0.1) is 6.92 Å². The van der Waals surface area contributed by atoms with Gasteiger partial charge in [-0.05, 0) is 62.3 Å². The van der Waals surface area contributed by atoms with Crippen LogP contribution in [0.5, 0.6) is 5.75 Å². The lowest BCUT2D eigenvalue weighted by atomic mass is 10.1. The molecular formula is C27H39N5O4S. The molecule has 0 saturated carbocycles. The topological polar surface area (TPSA) is 124 Å². The van der Waals surface area contributed by atoms with Crippen LogP contribution in [-0.4, -0.2) is 59.0 Å². The van der Waals surface area contributed by atoms with Crippen molar-refractivity contribution in [3.63, 3.8) is 0 Å². The minimum Gasteiger partial charge on any atom is -0.494 e. The number of rotatable bonds is 3. The van der Waals surface area contributed by atoms with Crippen LogP contribution in [0.25, 0.3) is 10.9 Å². The minimum absolute atomic E-state index is 0.227. The van der Waals surface area contributed by atoms with Gasteiger partial charge in [-0.1, -0.05) is 13.8 Å². The van der Waals surface area contributed by atoms with Crippen molar-refractivity contribution in [2.75, 3.05) is 42.9 Å². The molecule has 0 aliphatic carbocycles. The third-order valence-electron chi connectivity index (χ3n) is 6.13. The van der Waals surface area contributed by atoms with Crippen molar-refractivity contribution < 1.29 is 14.2 Å². The molecule has 2 aromatic heterocycles. The third-order valence-corrected chi connectivity index (χ3v) is 7.29. The van der Waals surface area contributed by atoms with Gasteiger partial charge >= 0.3 is 0 Å². The van der Waals surface area contributed by atoms with E-state index in [2.05, 4.69) is 32.0 Å². The molecule has 1 aromatic carbocycles. The highest BCUT2D eigenvalue weighted by Crippen LogP contribution is 2.35. The van der Waals surface area contributed by atoms with E-state index in [4.69, 9.17) is 19.9 Å². The molecule has 3 aliphatic heterocycles. The SMILES string of the molecule is C1CCSC1.C1C[C@H]2OCC[C@H]2O1.CC.COc1c(N)cc2ncnc(Nc3ccc[nH]c3=O)c2c1C. The van der Waals surface area contributed by atoms with Crippen LogP contribution in [0.3, 0.4) is 0 Å². The Hall–Kier alpha value is -2.82. The van der Waals surface area contributed by atoms with Crippen molar-refractivity contribution in [2.24, 2.45) is 0 Å². The minimum atomic E-state index is -0.227. The summed E-state index contributed by atoms with van der Waals surface area (Å²) in [6.45, 7) is 7.70. The molecule has 4 N–H and O–H groups in total. The fourth-order valence-electron chi connectivity index (χ4n) is 4.37. The lowest BCUT2D eigenvalue weighted by Gasteiger charge is -2.14.